The van der Waals surface area contributed by atoms with Crippen molar-refractivity contribution >= 4 is 11.7 Å². The maximum Gasteiger partial charge on any atom is 0.240 e. The zero-order chi connectivity index (χ0) is 13.0. The molecule has 1 atom stereocenters. The highest BCUT2D eigenvalue weighted by molar-refractivity contribution is 5.82. The molecule has 90 valence electrons. The summed E-state index contributed by atoms with van der Waals surface area (Å²) in [6, 6.07) is 2.91. The number of carbonyl (C=O) groups excluding carboxylic acids is 1. The zero-order valence-corrected chi connectivity index (χ0v) is 10.1. The van der Waals surface area contributed by atoms with Gasteiger partial charge in [0, 0.05) is 6.07 Å². The van der Waals surface area contributed by atoms with E-state index in [2.05, 4.69) is 15.3 Å². The van der Waals surface area contributed by atoms with Crippen LogP contribution in [-0.2, 0) is 4.79 Å². The second-order valence-electron chi connectivity index (χ2n) is 4.07. The summed E-state index contributed by atoms with van der Waals surface area (Å²) < 4.78 is 0. The van der Waals surface area contributed by atoms with E-state index in [1.165, 1.54) is 6.07 Å². The lowest BCUT2D eigenvalue weighted by Gasteiger charge is -2.19. The standard InChI is InChI=1S/C11H15N5O/c1-6(2)10(11(13)17)16-9-4-8(5-12)14-7(3)15-9/h4,6,10H,1-3H3,(H2,13,17)(H,14,15,16)/t10-/m1/s1. The average molecular weight is 233 g/mol. The molecule has 1 rings (SSSR count). The van der Waals surface area contributed by atoms with Gasteiger partial charge in [0.1, 0.15) is 29.4 Å². The number of nitrogens with one attached hydrogen (secondary N) is 1. The minimum Gasteiger partial charge on any atom is -0.368 e. The van der Waals surface area contributed by atoms with Gasteiger partial charge in [-0.1, -0.05) is 13.8 Å². The number of nitriles is 1. The monoisotopic (exact) mass is 233 g/mol. The molecule has 0 bridgehead atoms. The molecule has 0 spiro atoms. The van der Waals surface area contributed by atoms with E-state index in [1.54, 1.807) is 6.92 Å². The zero-order valence-electron chi connectivity index (χ0n) is 10.1. The van der Waals surface area contributed by atoms with E-state index < -0.39 is 11.9 Å². The van der Waals surface area contributed by atoms with Crippen molar-refractivity contribution in [1.82, 2.24) is 9.97 Å². The molecule has 1 aromatic rings. The molecule has 6 nitrogen and oxygen atoms in total. The molecule has 1 heterocycles. The fraction of sp³-hybridized carbons (Fsp3) is 0.455. The van der Waals surface area contributed by atoms with Gasteiger partial charge in [-0.2, -0.15) is 5.26 Å². The number of amides is 1. The van der Waals surface area contributed by atoms with Crippen LogP contribution in [0.3, 0.4) is 0 Å². The number of aromatic nitrogens is 2. The second-order valence-corrected chi connectivity index (χ2v) is 4.07. The van der Waals surface area contributed by atoms with Gasteiger partial charge >= 0.3 is 0 Å². The van der Waals surface area contributed by atoms with Crippen LogP contribution in [0.4, 0.5) is 5.82 Å². The van der Waals surface area contributed by atoms with Gasteiger partial charge in [0.2, 0.25) is 5.91 Å². The third-order valence-corrected chi connectivity index (χ3v) is 2.23. The van der Waals surface area contributed by atoms with Crippen molar-refractivity contribution in [3.63, 3.8) is 0 Å². The molecule has 3 N–H and O–H groups in total. The first-order chi connectivity index (χ1) is 7.93. The van der Waals surface area contributed by atoms with E-state index in [0.29, 0.717) is 11.6 Å². The van der Waals surface area contributed by atoms with E-state index in [1.807, 2.05) is 19.9 Å². The van der Waals surface area contributed by atoms with Gasteiger partial charge in [-0.05, 0) is 12.8 Å². The number of anilines is 1. The van der Waals surface area contributed by atoms with Crippen molar-refractivity contribution < 1.29 is 4.79 Å². The molecule has 0 saturated carbocycles. The van der Waals surface area contributed by atoms with Crippen LogP contribution in [0.25, 0.3) is 0 Å². The first-order valence-electron chi connectivity index (χ1n) is 5.25. The molecule has 0 aliphatic heterocycles. The van der Waals surface area contributed by atoms with Crippen LogP contribution in [0.15, 0.2) is 6.07 Å². The number of carbonyl (C=O) groups is 1. The summed E-state index contributed by atoms with van der Waals surface area (Å²) in [6.45, 7) is 5.43. The number of primary amides is 1. The lowest BCUT2D eigenvalue weighted by molar-refractivity contribution is -0.119. The molecule has 6 heteroatoms. The topological polar surface area (TPSA) is 105 Å². The van der Waals surface area contributed by atoms with E-state index in [9.17, 15) is 4.79 Å². The Bertz CT molecular complexity index is 463. The summed E-state index contributed by atoms with van der Waals surface area (Å²) in [5, 5.41) is 11.7. The Hall–Kier alpha value is -2.16. The minimum absolute atomic E-state index is 0.0355. The number of aryl methyl sites for hydroxylation is 1. The van der Waals surface area contributed by atoms with Crippen LogP contribution in [-0.4, -0.2) is 21.9 Å². The molecular weight excluding hydrogens is 218 g/mol. The fourth-order valence-electron chi connectivity index (χ4n) is 1.42. The molecule has 1 amide bonds. The predicted octanol–water partition coefficient (Wildman–Crippen LogP) is 0.578. The van der Waals surface area contributed by atoms with Gasteiger partial charge < -0.3 is 11.1 Å². The smallest absolute Gasteiger partial charge is 0.240 e. The summed E-state index contributed by atoms with van der Waals surface area (Å²) >= 11 is 0. The number of rotatable bonds is 4. The fourth-order valence-corrected chi connectivity index (χ4v) is 1.42. The summed E-state index contributed by atoms with van der Waals surface area (Å²) in [7, 11) is 0. The van der Waals surface area contributed by atoms with Crippen molar-refractivity contribution in [1.29, 1.82) is 5.26 Å². The highest BCUT2D eigenvalue weighted by Crippen LogP contribution is 2.11. The number of nitrogens with two attached hydrogens (primary N) is 1. The number of hydrogen-bond acceptors (Lipinski definition) is 5. The van der Waals surface area contributed by atoms with E-state index in [-0.39, 0.29) is 11.6 Å². The molecule has 0 unspecified atom stereocenters. The Balaban J connectivity index is 2.98. The third-order valence-electron chi connectivity index (χ3n) is 2.23. The van der Waals surface area contributed by atoms with Crippen LogP contribution < -0.4 is 11.1 Å². The van der Waals surface area contributed by atoms with Gasteiger partial charge in [-0.3, -0.25) is 4.79 Å². The summed E-state index contributed by atoms with van der Waals surface area (Å²) in [6.07, 6.45) is 0. The van der Waals surface area contributed by atoms with E-state index in [4.69, 9.17) is 11.0 Å². The predicted molar refractivity (Wildman–Crippen MR) is 62.9 cm³/mol. The van der Waals surface area contributed by atoms with Crippen molar-refractivity contribution in [3.8, 4) is 6.07 Å². The molecule has 0 radical (unpaired) electrons. The molecule has 17 heavy (non-hydrogen) atoms. The molecule has 0 aliphatic rings. The Morgan fingerprint density at radius 3 is 2.65 bits per heavy atom. The molecular formula is C11H15N5O. The maximum atomic E-state index is 11.2. The maximum absolute atomic E-state index is 11.2. The van der Waals surface area contributed by atoms with Crippen molar-refractivity contribution in [2.24, 2.45) is 11.7 Å². The van der Waals surface area contributed by atoms with Crippen LogP contribution in [0, 0.1) is 24.2 Å². The van der Waals surface area contributed by atoms with Gasteiger partial charge in [0.25, 0.3) is 0 Å². The number of nitrogens with zero attached hydrogens (tertiary/aromatic N) is 3. The summed E-state index contributed by atoms with van der Waals surface area (Å²) in [5.74, 6) is 0.494. The van der Waals surface area contributed by atoms with Crippen molar-refractivity contribution in [2.45, 2.75) is 26.8 Å². The van der Waals surface area contributed by atoms with Gasteiger partial charge in [0.05, 0.1) is 0 Å². The van der Waals surface area contributed by atoms with Gasteiger partial charge in [-0.25, -0.2) is 9.97 Å². The summed E-state index contributed by atoms with van der Waals surface area (Å²) in [5.41, 5.74) is 5.54. The first kappa shape index (κ1) is 12.9. The van der Waals surface area contributed by atoms with Crippen LogP contribution >= 0.6 is 0 Å². The highest BCUT2D eigenvalue weighted by Gasteiger charge is 2.19. The van der Waals surface area contributed by atoms with Crippen molar-refractivity contribution in [2.75, 3.05) is 5.32 Å². The summed E-state index contributed by atoms with van der Waals surface area (Å²) in [4.78, 5) is 19.3. The van der Waals surface area contributed by atoms with Crippen LogP contribution in [0.2, 0.25) is 0 Å². The first-order valence-corrected chi connectivity index (χ1v) is 5.25. The molecule has 0 fully saturated rings. The van der Waals surface area contributed by atoms with Crippen LogP contribution in [0.5, 0.6) is 0 Å². The van der Waals surface area contributed by atoms with Crippen LogP contribution in [0.1, 0.15) is 25.4 Å². The third kappa shape index (κ3) is 3.41. The quantitative estimate of drug-likeness (QED) is 0.791. The van der Waals surface area contributed by atoms with E-state index in [0.717, 1.165) is 0 Å². The van der Waals surface area contributed by atoms with Crippen molar-refractivity contribution in [3.05, 3.63) is 17.6 Å². The molecule has 0 saturated heterocycles. The Kier molecular flexibility index (Phi) is 3.99. The molecule has 1 aromatic heterocycles. The molecule has 0 aliphatic carbocycles. The largest absolute Gasteiger partial charge is 0.368 e. The normalized spacial score (nSPS) is 11.9. The Labute approximate surface area is 99.9 Å². The molecule has 0 aromatic carbocycles. The lowest BCUT2D eigenvalue weighted by atomic mass is 10.0. The Morgan fingerprint density at radius 1 is 1.53 bits per heavy atom. The Morgan fingerprint density at radius 2 is 2.18 bits per heavy atom. The number of hydrogen-bond donors (Lipinski definition) is 2. The lowest BCUT2D eigenvalue weighted by Crippen LogP contribution is -2.39. The van der Waals surface area contributed by atoms with E-state index >= 15 is 0 Å². The van der Waals surface area contributed by atoms with Gasteiger partial charge in [-0.15, -0.1) is 0 Å². The highest BCUT2D eigenvalue weighted by atomic mass is 16.1. The minimum atomic E-state index is -0.518. The second kappa shape index (κ2) is 5.25. The SMILES string of the molecule is Cc1nc(C#N)cc(N[C@@H](C(N)=O)C(C)C)n1. The average Bonchev–Trinajstić information content (AvgIpc) is 2.24. The van der Waals surface area contributed by atoms with Gasteiger partial charge in [0.15, 0.2) is 0 Å².